The molecule has 0 aromatic heterocycles. The normalized spacial score (nSPS) is 20.5. The molecule has 0 aliphatic heterocycles. The first-order valence-electron chi connectivity index (χ1n) is 15.2. The lowest BCUT2D eigenvalue weighted by molar-refractivity contribution is -0.103. The molecule has 33 heavy (non-hydrogen) atoms. The van der Waals surface area contributed by atoms with Crippen molar-refractivity contribution < 1.29 is 0 Å². The Hall–Kier alpha value is 0. The third-order valence-corrected chi connectivity index (χ3v) is 11.2. The zero-order chi connectivity index (χ0) is 26.0. The quantitative estimate of drug-likeness (QED) is 0.189. The summed E-state index contributed by atoms with van der Waals surface area (Å²) in [5.74, 6) is 4.65. The highest BCUT2D eigenvalue weighted by atomic mass is 14.6. The van der Waals surface area contributed by atoms with Crippen LogP contribution in [0.5, 0.6) is 0 Å². The number of rotatable bonds is 18. The standard InChI is InChI=1S/C33H68/c1-15-20-23-28(9)33(27(8)22-17-3,31(11,12)19-5)24-30(25(6)18-4)32(13,14)29(10)26(7)21-16-2/h25-30H,15-24H2,1-14H3. The Morgan fingerprint density at radius 3 is 1.55 bits per heavy atom. The van der Waals surface area contributed by atoms with Crippen molar-refractivity contribution in [3.05, 3.63) is 0 Å². The zero-order valence-electron chi connectivity index (χ0n) is 26.0. The first kappa shape index (κ1) is 33.0. The molecule has 7 unspecified atom stereocenters. The Labute approximate surface area is 212 Å². The second-order valence-corrected chi connectivity index (χ2v) is 13.6. The maximum absolute atomic E-state index is 2.64. The van der Waals surface area contributed by atoms with Crippen LogP contribution in [0.1, 0.15) is 161 Å². The molecular weight excluding hydrogens is 396 g/mol. The van der Waals surface area contributed by atoms with Gasteiger partial charge in [-0.15, -0.1) is 0 Å². The van der Waals surface area contributed by atoms with Crippen molar-refractivity contribution >= 4 is 0 Å². The van der Waals surface area contributed by atoms with Crippen LogP contribution in [0, 0.1) is 51.8 Å². The maximum Gasteiger partial charge on any atom is -0.0192 e. The smallest absolute Gasteiger partial charge is 0.0192 e. The van der Waals surface area contributed by atoms with Gasteiger partial charge in [0.25, 0.3) is 0 Å². The Balaban J connectivity index is 6.75. The summed E-state index contributed by atoms with van der Waals surface area (Å²) in [6.45, 7) is 35.6. The van der Waals surface area contributed by atoms with Crippen LogP contribution in [0.15, 0.2) is 0 Å². The fraction of sp³-hybridized carbons (Fsp3) is 1.00. The van der Waals surface area contributed by atoms with Crippen LogP contribution in [0.4, 0.5) is 0 Å². The van der Waals surface area contributed by atoms with Gasteiger partial charge in [0, 0.05) is 0 Å². The van der Waals surface area contributed by atoms with E-state index in [-0.39, 0.29) is 0 Å². The van der Waals surface area contributed by atoms with E-state index in [2.05, 4.69) is 96.9 Å². The van der Waals surface area contributed by atoms with Gasteiger partial charge in [-0.25, -0.2) is 0 Å². The number of hydrogen-bond donors (Lipinski definition) is 0. The van der Waals surface area contributed by atoms with Crippen molar-refractivity contribution in [1.82, 2.24) is 0 Å². The van der Waals surface area contributed by atoms with Gasteiger partial charge in [-0.1, -0.05) is 155 Å². The average Bonchev–Trinajstić information content (AvgIpc) is 2.76. The van der Waals surface area contributed by atoms with Crippen molar-refractivity contribution in [3.8, 4) is 0 Å². The highest BCUT2D eigenvalue weighted by molar-refractivity contribution is 5.03. The topological polar surface area (TPSA) is 0 Å². The van der Waals surface area contributed by atoms with Crippen LogP contribution >= 0.6 is 0 Å². The lowest BCUT2D eigenvalue weighted by Gasteiger charge is -2.59. The molecular formula is C33H68. The predicted molar refractivity (Wildman–Crippen MR) is 154 cm³/mol. The summed E-state index contributed by atoms with van der Waals surface area (Å²) in [5, 5.41) is 0. The molecule has 0 amide bonds. The molecule has 0 aromatic carbocycles. The van der Waals surface area contributed by atoms with Crippen LogP contribution in [-0.4, -0.2) is 0 Å². The van der Waals surface area contributed by atoms with E-state index in [1.165, 1.54) is 64.2 Å². The molecule has 0 rings (SSSR count). The highest BCUT2D eigenvalue weighted by Gasteiger charge is 2.54. The molecule has 0 nitrogen and oxygen atoms in total. The second-order valence-electron chi connectivity index (χ2n) is 13.6. The molecule has 0 saturated carbocycles. The molecule has 0 N–H and O–H groups in total. The third kappa shape index (κ3) is 7.74. The molecule has 0 aromatic rings. The van der Waals surface area contributed by atoms with Crippen molar-refractivity contribution in [2.75, 3.05) is 0 Å². The molecule has 0 heteroatoms. The van der Waals surface area contributed by atoms with Gasteiger partial charge in [0.15, 0.2) is 0 Å². The van der Waals surface area contributed by atoms with E-state index >= 15 is 0 Å². The van der Waals surface area contributed by atoms with Gasteiger partial charge >= 0.3 is 0 Å². The third-order valence-electron chi connectivity index (χ3n) is 11.2. The van der Waals surface area contributed by atoms with Gasteiger partial charge in [0.2, 0.25) is 0 Å². The van der Waals surface area contributed by atoms with Crippen molar-refractivity contribution in [2.24, 2.45) is 51.8 Å². The first-order chi connectivity index (χ1) is 15.2. The van der Waals surface area contributed by atoms with E-state index in [4.69, 9.17) is 0 Å². The van der Waals surface area contributed by atoms with Crippen LogP contribution in [0.2, 0.25) is 0 Å². The number of hydrogen-bond acceptors (Lipinski definition) is 0. The van der Waals surface area contributed by atoms with Crippen LogP contribution < -0.4 is 0 Å². The van der Waals surface area contributed by atoms with E-state index in [0.717, 1.165) is 35.5 Å². The lowest BCUT2D eigenvalue weighted by Crippen LogP contribution is -2.52. The lowest BCUT2D eigenvalue weighted by atomic mass is 9.46. The minimum Gasteiger partial charge on any atom is -0.0654 e. The Kier molecular flexibility index (Phi) is 14.5. The van der Waals surface area contributed by atoms with E-state index in [1.54, 1.807) is 0 Å². The minimum absolute atomic E-state index is 0.356. The van der Waals surface area contributed by atoms with Crippen molar-refractivity contribution in [3.63, 3.8) is 0 Å². The van der Waals surface area contributed by atoms with E-state index in [0.29, 0.717) is 16.2 Å². The summed E-state index contributed by atoms with van der Waals surface area (Å²) in [5.41, 5.74) is 1.11. The minimum atomic E-state index is 0.356. The molecule has 0 spiro atoms. The largest absolute Gasteiger partial charge is 0.0654 e. The van der Waals surface area contributed by atoms with Gasteiger partial charge in [-0.3, -0.25) is 0 Å². The molecule has 0 saturated heterocycles. The summed E-state index contributed by atoms with van der Waals surface area (Å²) in [7, 11) is 0. The summed E-state index contributed by atoms with van der Waals surface area (Å²) in [4.78, 5) is 0. The molecule has 0 aliphatic carbocycles. The van der Waals surface area contributed by atoms with E-state index in [1.807, 2.05) is 0 Å². The molecule has 0 heterocycles. The fourth-order valence-corrected chi connectivity index (χ4v) is 7.91. The van der Waals surface area contributed by atoms with Gasteiger partial charge in [-0.2, -0.15) is 0 Å². The zero-order valence-corrected chi connectivity index (χ0v) is 26.0. The molecule has 7 atom stereocenters. The molecule has 0 aliphatic rings. The van der Waals surface area contributed by atoms with Crippen LogP contribution in [0.25, 0.3) is 0 Å². The van der Waals surface area contributed by atoms with Gasteiger partial charge in [0.05, 0.1) is 0 Å². The summed E-state index contributed by atoms with van der Waals surface area (Å²) >= 11 is 0. The Bertz CT molecular complexity index is 500. The summed E-state index contributed by atoms with van der Waals surface area (Å²) in [6, 6.07) is 0. The summed E-state index contributed by atoms with van der Waals surface area (Å²) < 4.78 is 0. The van der Waals surface area contributed by atoms with Gasteiger partial charge in [-0.05, 0) is 58.2 Å². The Morgan fingerprint density at radius 1 is 0.606 bits per heavy atom. The molecule has 0 radical (unpaired) electrons. The van der Waals surface area contributed by atoms with Crippen molar-refractivity contribution in [1.29, 1.82) is 0 Å². The predicted octanol–water partition coefficient (Wildman–Crippen LogP) is 11.8. The molecule has 200 valence electrons. The monoisotopic (exact) mass is 465 g/mol. The first-order valence-corrected chi connectivity index (χ1v) is 15.2. The molecule has 0 bridgehead atoms. The van der Waals surface area contributed by atoms with Crippen LogP contribution in [0.3, 0.4) is 0 Å². The summed E-state index contributed by atoms with van der Waals surface area (Å²) in [6.07, 6.45) is 13.4. The van der Waals surface area contributed by atoms with Crippen LogP contribution in [-0.2, 0) is 0 Å². The average molecular weight is 465 g/mol. The highest BCUT2D eigenvalue weighted by Crippen LogP contribution is 2.61. The second kappa shape index (κ2) is 14.5. The molecule has 0 fully saturated rings. The SMILES string of the molecule is CCCCC(C)C(CC(C(C)CC)C(C)(C)C(C)C(C)CCC)(C(C)CCC)C(C)(C)CC. The van der Waals surface area contributed by atoms with E-state index < -0.39 is 0 Å². The van der Waals surface area contributed by atoms with Crippen molar-refractivity contribution in [2.45, 2.75) is 161 Å². The van der Waals surface area contributed by atoms with Gasteiger partial charge in [0.1, 0.15) is 0 Å². The fourth-order valence-electron chi connectivity index (χ4n) is 7.91. The van der Waals surface area contributed by atoms with Gasteiger partial charge < -0.3 is 0 Å². The number of unbranched alkanes of at least 4 members (excludes halogenated alkanes) is 1. The van der Waals surface area contributed by atoms with E-state index in [9.17, 15) is 0 Å². The maximum atomic E-state index is 2.64. The Morgan fingerprint density at radius 2 is 1.12 bits per heavy atom.